The number of thiophene rings is 1. The Morgan fingerprint density at radius 2 is 1.51 bits per heavy atom. The highest BCUT2D eigenvalue weighted by Crippen LogP contribution is 2.44. The van der Waals surface area contributed by atoms with Crippen LogP contribution in [0.3, 0.4) is 0 Å². The average molecular weight is 491 g/mol. The molecule has 4 aromatic carbocycles. The standard InChI is InChI=1S/C34H22N2S/c1-4-13-31-27(8-1)28-10-6-9-26(33(28)37-31)23-17-15-22(16-18-23)24-19-20-25-7-5-14-32-34(25,21-24)36-30-12-3-2-11-29(30)35-32/h1-21,36H. The smallest absolute Gasteiger partial charge is 0.125 e. The number of allylic oxidation sites excluding steroid dienone is 4. The van der Waals surface area contributed by atoms with E-state index in [9.17, 15) is 0 Å². The van der Waals surface area contributed by atoms with E-state index < -0.39 is 5.54 Å². The second kappa shape index (κ2) is 7.76. The summed E-state index contributed by atoms with van der Waals surface area (Å²) in [5.41, 5.74) is 8.76. The Morgan fingerprint density at radius 3 is 2.46 bits per heavy atom. The van der Waals surface area contributed by atoms with Crippen LogP contribution in [-0.4, -0.2) is 11.3 Å². The SMILES string of the molecule is C1=CC2=Nc3ccccc3NC23C=C(c2ccc(-c4cccc5c4sc4ccccc45)cc2)C=CC3=C1. The van der Waals surface area contributed by atoms with Crippen molar-refractivity contribution in [2.75, 3.05) is 5.32 Å². The van der Waals surface area contributed by atoms with Crippen LogP contribution < -0.4 is 5.32 Å². The molecule has 0 fully saturated rings. The van der Waals surface area contributed by atoms with Gasteiger partial charge in [-0.25, -0.2) is 4.99 Å². The van der Waals surface area contributed by atoms with Gasteiger partial charge < -0.3 is 5.32 Å². The average Bonchev–Trinajstić information content (AvgIpc) is 3.34. The zero-order valence-electron chi connectivity index (χ0n) is 20.0. The molecule has 1 atom stereocenters. The molecule has 8 rings (SSSR count). The fourth-order valence-electron chi connectivity index (χ4n) is 5.77. The van der Waals surface area contributed by atoms with Crippen molar-refractivity contribution >= 4 is 54.2 Å². The van der Waals surface area contributed by atoms with Gasteiger partial charge in [-0.05, 0) is 58.2 Å². The van der Waals surface area contributed by atoms with Crippen molar-refractivity contribution in [3.8, 4) is 11.1 Å². The summed E-state index contributed by atoms with van der Waals surface area (Å²) in [5, 5.41) is 6.48. The fraction of sp³-hybridized carbons (Fsp3) is 0.0294. The molecule has 5 aromatic rings. The minimum absolute atomic E-state index is 0.450. The van der Waals surface area contributed by atoms with Crippen molar-refractivity contribution in [1.29, 1.82) is 0 Å². The lowest BCUT2D eigenvalue weighted by Gasteiger charge is -2.41. The monoisotopic (exact) mass is 490 g/mol. The molecule has 2 aliphatic carbocycles. The summed E-state index contributed by atoms with van der Waals surface area (Å²) >= 11 is 1.88. The van der Waals surface area contributed by atoms with Crippen molar-refractivity contribution in [3.63, 3.8) is 0 Å². The molecule has 174 valence electrons. The second-order valence-electron chi connectivity index (χ2n) is 9.72. The second-order valence-corrected chi connectivity index (χ2v) is 10.8. The number of nitrogens with one attached hydrogen (secondary N) is 1. The molecule has 0 bridgehead atoms. The Bertz CT molecular complexity index is 1900. The highest BCUT2D eigenvalue weighted by molar-refractivity contribution is 7.26. The molecule has 1 unspecified atom stereocenters. The summed E-state index contributed by atoms with van der Waals surface area (Å²) in [6.07, 6.45) is 13.2. The molecule has 1 aliphatic heterocycles. The predicted octanol–water partition coefficient (Wildman–Crippen LogP) is 9.11. The number of aliphatic imine (C=N–C) groups is 1. The summed E-state index contributed by atoms with van der Waals surface area (Å²) in [6, 6.07) is 32.6. The highest BCUT2D eigenvalue weighted by atomic mass is 32.1. The van der Waals surface area contributed by atoms with Crippen molar-refractivity contribution in [3.05, 3.63) is 139 Å². The van der Waals surface area contributed by atoms with Gasteiger partial charge in [-0.15, -0.1) is 11.3 Å². The van der Waals surface area contributed by atoms with E-state index in [1.54, 1.807) is 0 Å². The Hall–Kier alpha value is -4.47. The number of benzene rings is 4. The highest BCUT2D eigenvalue weighted by Gasteiger charge is 2.41. The van der Waals surface area contributed by atoms with Crippen LogP contribution in [0.4, 0.5) is 11.4 Å². The van der Waals surface area contributed by atoms with Gasteiger partial charge in [-0.2, -0.15) is 0 Å². The van der Waals surface area contributed by atoms with Crippen molar-refractivity contribution in [2.24, 2.45) is 4.99 Å². The Balaban J connectivity index is 1.21. The van der Waals surface area contributed by atoms with Gasteiger partial charge in [0.2, 0.25) is 0 Å². The van der Waals surface area contributed by atoms with E-state index in [4.69, 9.17) is 4.99 Å². The van der Waals surface area contributed by atoms with E-state index in [0.717, 1.165) is 17.1 Å². The van der Waals surface area contributed by atoms with E-state index in [0.29, 0.717) is 0 Å². The normalized spacial score (nSPS) is 19.4. The van der Waals surface area contributed by atoms with Crippen LogP contribution in [0.5, 0.6) is 0 Å². The summed E-state index contributed by atoms with van der Waals surface area (Å²) < 4.78 is 2.68. The molecular formula is C34H22N2S. The molecule has 3 aliphatic rings. The molecule has 0 amide bonds. The van der Waals surface area contributed by atoms with E-state index >= 15 is 0 Å². The number of hydrogen-bond acceptors (Lipinski definition) is 3. The third-order valence-corrected chi connectivity index (χ3v) is 8.83. The van der Waals surface area contributed by atoms with Gasteiger partial charge in [0, 0.05) is 20.2 Å². The first-order chi connectivity index (χ1) is 18.3. The first-order valence-electron chi connectivity index (χ1n) is 12.6. The van der Waals surface area contributed by atoms with Gasteiger partial charge in [-0.1, -0.05) is 97.1 Å². The van der Waals surface area contributed by atoms with Gasteiger partial charge in [-0.3, -0.25) is 0 Å². The number of rotatable bonds is 2. The van der Waals surface area contributed by atoms with Crippen LogP contribution in [0.25, 0.3) is 36.9 Å². The number of anilines is 1. The first-order valence-corrected chi connectivity index (χ1v) is 13.4. The van der Waals surface area contributed by atoms with Crippen molar-refractivity contribution < 1.29 is 0 Å². The molecule has 1 aromatic heterocycles. The lowest BCUT2D eigenvalue weighted by atomic mass is 9.74. The molecule has 0 radical (unpaired) electrons. The van der Waals surface area contributed by atoms with E-state index in [1.807, 2.05) is 17.4 Å². The van der Waals surface area contributed by atoms with Crippen LogP contribution in [-0.2, 0) is 0 Å². The number of para-hydroxylation sites is 2. The van der Waals surface area contributed by atoms with E-state index in [2.05, 4.69) is 127 Å². The number of hydrogen-bond donors (Lipinski definition) is 1. The van der Waals surface area contributed by atoms with Gasteiger partial charge in [0.05, 0.1) is 17.1 Å². The van der Waals surface area contributed by atoms with Gasteiger partial charge in [0.1, 0.15) is 5.54 Å². The largest absolute Gasteiger partial charge is 0.365 e. The Labute approximate surface area is 219 Å². The van der Waals surface area contributed by atoms with Crippen molar-refractivity contribution in [2.45, 2.75) is 5.54 Å². The van der Waals surface area contributed by atoms with Crippen molar-refractivity contribution in [1.82, 2.24) is 0 Å². The van der Waals surface area contributed by atoms with Crippen LogP contribution >= 0.6 is 11.3 Å². The minimum atomic E-state index is -0.450. The quantitative estimate of drug-likeness (QED) is 0.262. The maximum Gasteiger partial charge on any atom is 0.125 e. The van der Waals surface area contributed by atoms with Gasteiger partial charge in [0.15, 0.2) is 0 Å². The van der Waals surface area contributed by atoms with E-state index in [1.165, 1.54) is 48.0 Å². The summed E-state index contributed by atoms with van der Waals surface area (Å²) in [4.78, 5) is 5.02. The molecule has 37 heavy (non-hydrogen) atoms. The predicted molar refractivity (Wildman–Crippen MR) is 159 cm³/mol. The van der Waals surface area contributed by atoms with Gasteiger partial charge in [0.25, 0.3) is 0 Å². The molecular weight excluding hydrogens is 468 g/mol. The Kier molecular flexibility index (Phi) is 4.34. The fourth-order valence-corrected chi connectivity index (χ4v) is 7.01. The number of fused-ring (bicyclic) bond motifs is 4. The van der Waals surface area contributed by atoms with Gasteiger partial charge >= 0.3 is 0 Å². The number of nitrogens with zero attached hydrogens (tertiary/aromatic N) is 1. The molecule has 1 spiro atoms. The molecule has 1 N–H and O–H groups in total. The zero-order valence-corrected chi connectivity index (χ0v) is 20.8. The Morgan fingerprint density at radius 1 is 0.703 bits per heavy atom. The molecule has 0 saturated heterocycles. The summed E-state index contributed by atoms with van der Waals surface area (Å²) in [6.45, 7) is 0. The molecule has 3 heteroatoms. The van der Waals surface area contributed by atoms with Crippen LogP contribution in [0, 0.1) is 0 Å². The topological polar surface area (TPSA) is 24.4 Å². The van der Waals surface area contributed by atoms with Crippen LogP contribution in [0.2, 0.25) is 0 Å². The molecule has 2 heterocycles. The zero-order chi connectivity index (χ0) is 24.4. The van der Waals surface area contributed by atoms with E-state index in [-0.39, 0.29) is 0 Å². The molecule has 0 saturated carbocycles. The first kappa shape index (κ1) is 20.7. The lowest BCUT2D eigenvalue weighted by molar-refractivity contribution is 0.885. The minimum Gasteiger partial charge on any atom is -0.365 e. The maximum atomic E-state index is 5.02. The maximum absolute atomic E-state index is 5.02. The molecule has 2 nitrogen and oxygen atoms in total. The van der Waals surface area contributed by atoms with Crippen LogP contribution in [0.15, 0.2) is 138 Å². The third-order valence-electron chi connectivity index (χ3n) is 7.61. The lowest BCUT2D eigenvalue weighted by Crippen LogP contribution is -2.48. The third kappa shape index (κ3) is 3.08. The summed E-state index contributed by atoms with van der Waals surface area (Å²) in [7, 11) is 0. The summed E-state index contributed by atoms with van der Waals surface area (Å²) in [5.74, 6) is 0. The van der Waals surface area contributed by atoms with Crippen LogP contribution in [0.1, 0.15) is 5.56 Å².